The third kappa shape index (κ3) is 2.98. The van der Waals surface area contributed by atoms with Gasteiger partial charge in [-0.3, -0.25) is 4.79 Å². The van der Waals surface area contributed by atoms with Gasteiger partial charge >= 0.3 is 0 Å². The van der Waals surface area contributed by atoms with Gasteiger partial charge in [-0.2, -0.15) is 0 Å². The molecule has 0 saturated carbocycles. The zero-order chi connectivity index (χ0) is 16.6. The Kier molecular flexibility index (Phi) is 3.69. The van der Waals surface area contributed by atoms with Gasteiger partial charge in [-0.05, 0) is 37.6 Å². The van der Waals surface area contributed by atoms with E-state index in [4.69, 9.17) is 5.73 Å². The summed E-state index contributed by atoms with van der Waals surface area (Å²) in [5.74, 6) is 0.771. The highest BCUT2D eigenvalue weighted by Gasteiger charge is 2.10. The van der Waals surface area contributed by atoms with Gasteiger partial charge in [0.15, 0.2) is 0 Å². The lowest BCUT2D eigenvalue weighted by Gasteiger charge is -2.06. The summed E-state index contributed by atoms with van der Waals surface area (Å²) in [7, 11) is 1.98. The van der Waals surface area contributed by atoms with Crippen molar-refractivity contribution in [3.8, 4) is 0 Å². The van der Waals surface area contributed by atoms with Crippen molar-refractivity contribution in [1.82, 2.24) is 24.8 Å². The maximum Gasteiger partial charge on any atom is 0.270 e. The maximum atomic E-state index is 12.2. The molecule has 7 heteroatoms. The molecule has 0 unspecified atom stereocenters. The van der Waals surface area contributed by atoms with Crippen LogP contribution in [0.15, 0.2) is 24.3 Å². The number of nitrogens with two attached hydrogens (primary N) is 1. The number of nitrogens with zero attached hydrogens (tertiary/aromatic N) is 4. The first-order chi connectivity index (χ1) is 10.9. The standard InChI is InChI=1S/C16H18N6O/c1-9-6-13(21-16(17)19-9)15(23)18-8-11-4-5-14-12(7-11)20-10(2)22(14)3/h4-7H,8H2,1-3H3,(H,18,23)(H2,17,19,21). The number of anilines is 1. The Balaban J connectivity index is 1.76. The molecule has 0 radical (unpaired) electrons. The first-order valence-corrected chi connectivity index (χ1v) is 7.25. The lowest BCUT2D eigenvalue weighted by atomic mass is 10.2. The normalized spacial score (nSPS) is 10.9. The predicted octanol–water partition coefficient (Wildman–Crippen LogP) is 1.49. The molecule has 0 atom stereocenters. The molecule has 2 aromatic heterocycles. The molecule has 0 aliphatic heterocycles. The van der Waals surface area contributed by atoms with Crippen LogP contribution in [0, 0.1) is 13.8 Å². The number of fused-ring (bicyclic) bond motifs is 1. The number of aromatic nitrogens is 4. The average molecular weight is 310 g/mol. The molecule has 1 aromatic carbocycles. The lowest BCUT2D eigenvalue weighted by Crippen LogP contribution is -2.24. The van der Waals surface area contributed by atoms with Crippen LogP contribution in [0.1, 0.15) is 27.6 Å². The Morgan fingerprint density at radius 2 is 2.00 bits per heavy atom. The van der Waals surface area contributed by atoms with Crippen LogP contribution < -0.4 is 11.1 Å². The number of benzene rings is 1. The number of aryl methyl sites for hydroxylation is 3. The van der Waals surface area contributed by atoms with E-state index in [0.29, 0.717) is 12.2 Å². The number of amides is 1. The molecule has 0 aliphatic rings. The smallest absolute Gasteiger partial charge is 0.270 e. The Morgan fingerprint density at radius 1 is 1.22 bits per heavy atom. The minimum absolute atomic E-state index is 0.0977. The number of nitrogens with one attached hydrogen (secondary N) is 1. The second-order valence-corrected chi connectivity index (χ2v) is 5.48. The van der Waals surface area contributed by atoms with Crippen LogP contribution in [0.25, 0.3) is 11.0 Å². The van der Waals surface area contributed by atoms with Crippen LogP contribution in [0.2, 0.25) is 0 Å². The van der Waals surface area contributed by atoms with E-state index in [0.717, 1.165) is 22.4 Å². The van der Waals surface area contributed by atoms with Crippen LogP contribution in [0.3, 0.4) is 0 Å². The van der Waals surface area contributed by atoms with Crippen molar-refractivity contribution < 1.29 is 4.79 Å². The molecule has 3 rings (SSSR count). The largest absolute Gasteiger partial charge is 0.368 e. The first kappa shape index (κ1) is 15.0. The van der Waals surface area contributed by atoms with E-state index < -0.39 is 0 Å². The second kappa shape index (κ2) is 5.68. The average Bonchev–Trinajstić information content (AvgIpc) is 2.78. The van der Waals surface area contributed by atoms with Crippen molar-refractivity contribution in [2.75, 3.05) is 5.73 Å². The molecule has 7 nitrogen and oxygen atoms in total. The number of hydrogen-bond acceptors (Lipinski definition) is 5. The van der Waals surface area contributed by atoms with E-state index in [1.165, 1.54) is 0 Å². The van der Waals surface area contributed by atoms with Crippen molar-refractivity contribution in [1.29, 1.82) is 0 Å². The highest BCUT2D eigenvalue weighted by molar-refractivity contribution is 5.92. The molecular formula is C16H18N6O. The summed E-state index contributed by atoms with van der Waals surface area (Å²) in [5.41, 5.74) is 9.46. The highest BCUT2D eigenvalue weighted by Crippen LogP contribution is 2.16. The van der Waals surface area contributed by atoms with Gasteiger partial charge in [0.05, 0.1) is 11.0 Å². The van der Waals surface area contributed by atoms with Gasteiger partial charge in [0.25, 0.3) is 5.91 Å². The fraction of sp³-hybridized carbons (Fsp3) is 0.250. The molecule has 118 valence electrons. The zero-order valence-corrected chi connectivity index (χ0v) is 13.3. The molecule has 0 bridgehead atoms. The predicted molar refractivity (Wildman–Crippen MR) is 87.8 cm³/mol. The molecule has 3 N–H and O–H groups in total. The number of carbonyl (C=O) groups excluding carboxylic acids is 1. The number of rotatable bonds is 3. The summed E-state index contributed by atoms with van der Waals surface area (Å²) >= 11 is 0. The van der Waals surface area contributed by atoms with Crippen molar-refractivity contribution in [3.63, 3.8) is 0 Å². The zero-order valence-electron chi connectivity index (χ0n) is 13.3. The summed E-state index contributed by atoms with van der Waals surface area (Å²) in [4.78, 5) is 24.6. The van der Waals surface area contributed by atoms with Crippen molar-refractivity contribution in [3.05, 3.63) is 47.0 Å². The third-order valence-electron chi connectivity index (χ3n) is 3.73. The van der Waals surface area contributed by atoms with Crippen molar-refractivity contribution in [2.45, 2.75) is 20.4 Å². The minimum Gasteiger partial charge on any atom is -0.368 e. The van der Waals surface area contributed by atoms with Crippen LogP contribution in [-0.2, 0) is 13.6 Å². The monoisotopic (exact) mass is 310 g/mol. The van der Waals surface area contributed by atoms with Crippen LogP contribution in [-0.4, -0.2) is 25.4 Å². The van der Waals surface area contributed by atoms with E-state index in [2.05, 4.69) is 20.3 Å². The van der Waals surface area contributed by atoms with Gasteiger partial charge in [0.1, 0.15) is 11.5 Å². The van der Waals surface area contributed by atoms with Gasteiger partial charge < -0.3 is 15.6 Å². The van der Waals surface area contributed by atoms with E-state index in [-0.39, 0.29) is 17.5 Å². The van der Waals surface area contributed by atoms with Gasteiger partial charge in [0, 0.05) is 19.3 Å². The highest BCUT2D eigenvalue weighted by atomic mass is 16.1. The Bertz CT molecular complexity index is 879. The lowest BCUT2D eigenvalue weighted by molar-refractivity contribution is 0.0945. The van der Waals surface area contributed by atoms with Gasteiger partial charge in [-0.1, -0.05) is 6.07 Å². The van der Waals surface area contributed by atoms with Crippen LogP contribution in [0.5, 0.6) is 0 Å². The van der Waals surface area contributed by atoms with Gasteiger partial charge in [0.2, 0.25) is 5.95 Å². The van der Waals surface area contributed by atoms with Crippen molar-refractivity contribution in [2.24, 2.45) is 7.05 Å². The molecule has 23 heavy (non-hydrogen) atoms. The molecule has 1 amide bonds. The Hall–Kier alpha value is -2.96. The molecule has 2 heterocycles. The number of nitrogen functional groups attached to an aromatic ring is 1. The second-order valence-electron chi connectivity index (χ2n) is 5.48. The van der Waals surface area contributed by atoms with Crippen molar-refractivity contribution >= 4 is 22.9 Å². The van der Waals surface area contributed by atoms with Crippen LogP contribution in [0.4, 0.5) is 5.95 Å². The third-order valence-corrected chi connectivity index (χ3v) is 3.73. The summed E-state index contributed by atoms with van der Waals surface area (Å²) in [6, 6.07) is 7.56. The van der Waals surface area contributed by atoms with E-state index >= 15 is 0 Å². The molecule has 0 saturated heterocycles. The summed E-state index contributed by atoms with van der Waals surface area (Å²) in [6.07, 6.45) is 0. The number of imidazole rings is 1. The van der Waals surface area contributed by atoms with E-state index in [1.807, 2.05) is 36.7 Å². The quantitative estimate of drug-likeness (QED) is 0.763. The fourth-order valence-electron chi connectivity index (χ4n) is 2.46. The maximum absolute atomic E-state index is 12.2. The molecule has 0 fully saturated rings. The fourth-order valence-corrected chi connectivity index (χ4v) is 2.46. The molecule has 0 aliphatic carbocycles. The van der Waals surface area contributed by atoms with Gasteiger partial charge in [-0.15, -0.1) is 0 Å². The SMILES string of the molecule is Cc1cc(C(=O)NCc2ccc3c(c2)nc(C)n3C)nc(N)n1. The molecule has 0 spiro atoms. The molecular weight excluding hydrogens is 292 g/mol. The topological polar surface area (TPSA) is 98.7 Å². The molecule has 3 aromatic rings. The van der Waals surface area contributed by atoms with E-state index in [9.17, 15) is 4.79 Å². The van der Waals surface area contributed by atoms with Gasteiger partial charge in [-0.25, -0.2) is 15.0 Å². The Labute approximate surface area is 133 Å². The summed E-state index contributed by atoms with van der Waals surface area (Å²) in [6.45, 7) is 4.13. The number of hydrogen-bond donors (Lipinski definition) is 2. The number of carbonyl (C=O) groups is 1. The van der Waals surface area contributed by atoms with Crippen LogP contribution >= 0.6 is 0 Å². The summed E-state index contributed by atoms with van der Waals surface area (Å²) in [5, 5.41) is 2.84. The Morgan fingerprint density at radius 3 is 2.74 bits per heavy atom. The minimum atomic E-state index is -0.278. The summed E-state index contributed by atoms with van der Waals surface area (Å²) < 4.78 is 2.03. The van der Waals surface area contributed by atoms with E-state index in [1.54, 1.807) is 13.0 Å². The first-order valence-electron chi connectivity index (χ1n) is 7.25.